The van der Waals surface area contributed by atoms with E-state index in [9.17, 15) is 24.3 Å². The summed E-state index contributed by atoms with van der Waals surface area (Å²) in [5, 5.41) is 13.2. The lowest BCUT2D eigenvalue weighted by molar-refractivity contribution is -0.148. The minimum Gasteiger partial charge on any atom is -0.480 e. The molecule has 0 saturated carbocycles. The number of hydrazine groups is 1. The van der Waals surface area contributed by atoms with E-state index in [1.165, 1.54) is 5.01 Å². The number of ketones is 1. The van der Waals surface area contributed by atoms with Gasteiger partial charge in [0.15, 0.2) is 0 Å². The van der Waals surface area contributed by atoms with Crippen molar-refractivity contribution in [3.63, 3.8) is 0 Å². The second-order valence-electron chi connectivity index (χ2n) is 9.17. The summed E-state index contributed by atoms with van der Waals surface area (Å²) in [6, 6.07) is -1.63. The first-order valence-electron chi connectivity index (χ1n) is 11.8. The van der Waals surface area contributed by atoms with Gasteiger partial charge in [0.2, 0.25) is 5.91 Å². The molecule has 0 aromatic heterocycles. The topological polar surface area (TPSA) is 125 Å². The molecule has 33 heavy (non-hydrogen) atoms. The van der Waals surface area contributed by atoms with Gasteiger partial charge in [-0.3, -0.25) is 24.2 Å². The third kappa shape index (κ3) is 8.89. The van der Waals surface area contributed by atoms with E-state index in [4.69, 9.17) is 4.74 Å². The van der Waals surface area contributed by atoms with Crippen molar-refractivity contribution in [1.82, 2.24) is 15.8 Å². The van der Waals surface area contributed by atoms with Crippen molar-refractivity contribution < 1.29 is 29.0 Å². The summed E-state index contributed by atoms with van der Waals surface area (Å²) in [4.78, 5) is 49.6. The minimum atomic E-state index is -1.01. The summed E-state index contributed by atoms with van der Waals surface area (Å²) in [6.45, 7) is 11.3. The van der Waals surface area contributed by atoms with E-state index in [2.05, 4.69) is 17.3 Å². The monoisotopic (exact) mass is 467 g/mol. The first-order chi connectivity index (χ1) is 15.5. The maximum absolute atomic E-state index is 12.9. The van der Waals surface area contributed by atoms with Crippen molar-refractivity contribution >= 4 is 23.6 Å². The Morgan fingerprint density at radius 2 is 1.88 bits per heavy atom. The van der Waals surface area contributed by atoms with Crippen LogP contribution in [-0.2, 0) is 23.9 Å². The Bertz CT molecular complexity index is 696. The predicted octanol–water partition coefficient (Wildman–Crippen LogP) is 2.31. The van der Waals surface area contributed by atoms with Crippen molar-refractivity contribution in [2.75, 3.05) is 13.7 Å². The summed E-state index contributed by atoms with van der Waals surface area (Å²) < 4.78 is 5.46. The highest BCUT2D eigenvalue weighted by molar-refractivity contribution is 5.89. The van der Waals surface area contributed by atoms with Crippen LogP contribution in [0.1, 0.15) is 66.2 Å². The Morgan fingerprint density at radius 3 is 2.42 bits per heavy atom. The lowest BCUT2D eigenvalue weighted by atomic mass is 9.86. The Hall–Kier alpha value is -2.26. The fourth-order valence-corrected chi connectivity index (χ4v) is 4.09. The number of nitrogens with zero attached hydrogens (tertiary/aromatic N) is 1. The molecule has 1 fully saturated rings. The number of ether oxygens (including phenoxy) is 1. The van der Waals surface area contributed by atoms with Crippen LogP contribution in [0.2, 0.25) is 0 Å². The van der Waals surface area contributed by atoms with Gasteiger partial charge in [0.05, 0.1) is 6.10 Å². The van der Waals surface area contributed by atoms with Gasteiger partial charge < -0.3 is 15.2 Å². The Kier molecular flexibility index (Phi) is 12.3. The number of nitrogens with one attached hydrogen (secondary N) is 2. The Morgan fingerprint density at radius 1 is 1.21 bits per heavy atom. The molecule has 0 bridgehead atoms. The van der Waals surface area contributed by atoms with Crippen LogP contribution in [0.15, 0.2) is 12.7 Å². The highest BCUT2D eigenvalue weighted by Gasteiger charge is 2.32. The van der Waals surface area contributed by atoms with E-state index in [1.54, 1.807) is 20.1 Å². The van der Waals surface area contributed by atoms with Gasteiger partial charge in [0.1, 0.15) is 17.9 Å². The lowest BCUT2D eigenvalue weighted by Crippen LogP contribution is -2.59. The van der Waals surface area contributed by atoms with Crippen LogP contribution in [0, 0.1) is 17.8 Å². The van der Waals surface area contributed by atoms with Gasteiger partial charge in [-0.05, 0) is 44.9 Å². The number of carboxylic acids is 1. The summed E-state index contributed by atoms with van der Waals surface area (Å²) in [5.74, 6) is -2.35. The van der Waals surface area contributed by atoms with Gasteiger partial charge in [0.25, 0.3) is 5.91 Å². The Balaban J connectivity index is 2.67. The number of Topliss-reactive ketones (excluding diaryl/α,β-unsaturated/α-hetero) is 1. The standard InChI is InChI=1S/C24H41N3O6/c1-7-8-11-21(33-6)16(4)20(28)13-12-18(15(2)3)22(29)25-17(5)23(30)27-14-9-10-19(26-27)24(31)32/h7,15-19,21,26H,1,8-14H2,2-6H3,(H,25,29)(H,31,32). The largest absolute Gasteiger partial charge is 0.480 e. The molecule has 9 heteroatoms. The quantitative estimate of drug-likeness (QED) is 0.335. The van der Waals surface area contributed by atoms with E-state index in [0.717, 1.165) is 6.42 Å². The zero-order chi connectivity index (χ0) is 25.1. The van der Waals surface area contributed by atoms with E-state index in [1.807, 2.05) is 20.8 Å². The van der Waals surface area contributed by atoms with Gasteiger partial charge in [-0.1, -0.05) is 26.8 Å². The van der Waals surface area contributed by atoms with Crippen LogP contribution in [-0.4, -0.2) is 65.5 Å². The van der Waals surface area contributed by atoms with Gasteiger partial charge >= 0.3 is 5.97 Å². The molecule has 1 rings (SSSR count). The third-order valence-electron chi connectivity index (χ3n) is 6.35. The molecular formula is C24H41N3O6. The number of carbonyl (C=O) groups is 4. The second-order valence-corrected chi connectivity index (χ2v) is 9.17. The van der Waals surface area contributed by atoms with Crippen LogP contribution in [0.5, 0.6) is 0 Å². The molecule has 0 radical (unpaired) electrons. The van der Waals surface area contributed by atoms with Crippen molar-refractivity contribution in [3.8, 4) is 0 Å². The number of carbonyl (C=O) groups excluding carboxylic acids is 3. The van der Waals surface area contributed by atoms with Crippen molar-refractivity contribution in [3.05, 3.63) is 12.7 Å². The summed E-state index contributed by atoms with van der Waals surface area (Å²) in [6.07, 6.45) is 4.74. The van der Waals surface area contributed by atoms with Gasteiger partial charge in [-0.2, -0.15) is 0 Å². The van der Waals surface area contributed by atoms with Crippen molar-refractivity contribution in [1.29, 1.82) is 0 Å². The molecule has 5 atom stereocenters. The molecule has 1 saturated heterocycles. The first-order valence-corrected chi connectivity index (χ1v) is 11.8. The first kappa shape index (κ1) is 28.8. The molecule has 9 nitrogen and oxygen atoms in total. The number of hydrogen-bond donors (Lipinski definition) is 3. The molecular weight excluding hydrogens is 426 g/mol. The fraction of sp³-hybridized carbons (Fsp3) is 0.750. The molecule has 5 unspecified atom stereocenters. The van der Waals surface area contributed by atoms with E-state index in [-0.39, 0.29) is 42.0 Å². The molecule has 1 aliphatic heterocycles. The Labute approximate surface area is 197 Å². The number of hydrogen-bond acceptors (Lipinski definition) is 6. The van der Waals surface area contributed by atoms with Gasteiger partial charge in [-0.15, -0.1) is 6.58 Å². The summed E-state index contributed by atoms with van der Waals surface area (Å²) >= 11 is 0. The average Bonchev–Trinajstić information content (AvgIpc) is 2.78. The van der Waals surface area contributed by atoms with Crippen molar-refractivity contribution in [2.45, 2.75) is 84.4 Å². The summed E-state index contributed by atoms with van der Waals surface area (Å²) in [5.41, 5.74) is 2.71. The zero-order valence-corrected chi connectivity index (χ0v) is 20.6. The third-order valence-corrected chi connectivity index (χ3v) is 6.35. The molecule has 0 spiro atoms. The SMILES string of the molecule is C=CCCC(OC)C(C)C(=O)CCC(C(=O)NC(C)C(=O)N1CCCC(C(=O)O)N1)C(C)C. The second kappa shape index (κ2) is 14.1. The molecule has 1 heterocycles. The average molecular weight is 468 g/mol. The zero-order valence-electron chi connectivity index (χ0n) is 20.6. The normalized spacial score (nSPS) is 19.9. The highest BCUT2D eigenvalue weighted by Crippen LogP contribution is 2.22. The van der Waals surface area contributed by atoms with Crippen LogP contribution < -0.4 is 10.7 Å². The van der Waals surface area contributed by atoms with Gasteiger partial charge in [0, 0.05) is 31.9 Å². The molecule has 188 valence electrons. The summed E-state index contributed by atoms with van der Waals surface area (Å²) in [7, 11) is 1.59. The van der Waals surface area contributed by atoms with Crippen molar-refractivity contribution in [2.24, 2.45) is 17.8 Å². The number of amides is 2. The number of carboxylic acid groups (broad SMARTS) is 1. The lowest BCUT2D eigenvalue weighted by Gasteiger charge is -2.34. The molecule has 0 aromatic rings. The highest BCUT2D eigenvalue weighted by atomic mass is 16.5. The molecule has 0 aromatic carbocycles. The van der Waals surface area contributed by atoms with Crippen LogP contribution in [0.4, 0.5) is 0 Å². The van der Waals surface area contributed by atoms with Crippen LogP contribution in [0.3, 0.4) is 0 Å². The maximum atomic E-state index is 12.9. The maximum Gasteiger partial charge on any atom is 0.322 e. The van der Waals surface area contributed by atoms with E-state index in [0.29, 0.717) is 32.2 Å². The van der Waals surface area contributed by atoms with Crippen LogP contribution in [0.25, 0.3) is 0 Å². The van der Waals surface area contributed by atoms with Crippen LogP contribution >= 0.6 is 0 Å². The number of aliphatic carboxylic acids is 1. The van der Waals surface area contributed by atoms with E-state index >= 15 is 0 Å². The predicted molar refractivity (Wildman–Crippen MR) is 125 cm³/mol. The smallest absolute Gasteiger partial charge is 0.322 e. The molecule has 1 aliphatic rings. The molecule has 3 N–H and O–H groups in total. The number of rotatable bonds is 14. The molecule has 0 aliphatic carbocycles. The number of methoxy groups -OCH3 is 1. The number of allylic oxidation sites excluding steroid dienone is 1. The van der Waals surface area contributed by atoms with E-state index < -0.39 is 24.0 Å². The fourth-order valence-electron chi connectivity index (χ4n) is 4.09. The molecule has 2 amide bonds. The minimum absolute atomic E-state index is 0.0149. The van der Waals surface area contributed by atoms with Gasteiger partial charge in [-0.25, -0.2) is 5.43 Å².